The van der Waals surface area contributed by atoms with Gasteiger partial charge in [0.15, 0.2) is 0 Å². The Bertz CT molecular complexity index is 2300. The van der Waals surface area contributed by atoms with Crippen molar-refractivity contribution >= 4 is 37.4 Å². The van der Waals surface area contributed by atoms with Gasteiger partial charge in [-0.25, -0.2) is 0 Å². The first-order valence-corrected chi connectivity index (χ1v) is 26.2. The molecule has 1 aliphatic rings. The van der Waals surface area contributed by atoms with Crippen molar-refractivity contribution in [3.63, 3.8) is 0 Å². The van der Waals surface area contributed by atoms with Gasteiger partial charge in [0, 0.05) is 28.2 Å². The molecule has 0 radical (unpaired) electrons. The Morgan fingerprint density at radius 1 is 0.508 bits per heavy atom. The fourth-order valence-electron chi connectivity index (χ4n) is 10.2. The van der Waals surface area contributed by atoms with Gasteiger partial charge < -0.3 is 8.18 Å². The van der Waals surface area contributed by atoms with E-state index < -0.39 is 14.6 Å². The fraction of sp³-hybridized carbons (Fsp3) is 0.441. The number of allylic oxidation sites excluding steroid dienone is 2. The molecule has 1 aliphatic heterocycles. The average Bonchev–Trinajstić information content (AvgIpc) is 3.22. The summed E-state index contributed by atoms with van der Waals surface area (Å²) < 4.78 is 7.53. The number of benzene rings is 5. The minimum atomic E-state index is -2.30. The zero-order chi connectivity index (χ0) is 46.0. The highest BCUT2D eigenvalue weighted by molar-refractivity contribution is 6.68. The number of para-hydroxylation sites is 3. The van der Waals surface area contributed by atoms with Crippen molar-refractivity contribution in [2.45, 2.75) is 170 Å². The first-order valence-electron chi connectivity index (χ1n) is 24.3. The third kappa shape index (κ3) is 9.99. The van der Waals surface area contributed by atoms with E-state index in [2.05, 4.69) is 219 Å². The summed E-state index contributed by atoms with van der Waals surface area (Å²) in [6, 6.07) is 35.3. The summed E-state index contributed by atoms with van der Waals surface area (Å²) in [7, 11) is 0. The maximum absolute atomic E-state index is 5.50. The lowest BCUT2D eigenvalue weighted by Crippen LogP contribution is -2.47. The lowest BCUT2D eigenvalue weighted by Gasteiger charge is -2.39. The number of aliphatic imine (C=N–C) groups is 1. The minimum Gasteiger partial charge on any atom is -0.457 e. The second-order valence-corrected chi connectivity index (χ2v) is 23.0. The van der Waals surface area contributed by atoms with Gasteiger partial charge in [0.05, 0.1) is 5.69 Å². The average molecular weight is 856 g/mol. The normalized spacial score (nSPS) is 15.8. The van der Waals surface area contributed by atoms with Crippen molar-refractivity contribution < 1.29 is 0 Å². The van der Waals surface area contributed by atoms with Crippen LogP contribution in [-0.2, 0) is 0 Å². The molecule has 0 fully saturated rings. The molecule has 0 amide bonds. The van der Waals surface area contributed by atoms with Crippen LogP contribution in [0.2, 0.25) is 5.28 Å². The van der Waals surface area contributed by atoms with E-state index in [1.54, 1.807) is 0 Å². The van der Waals surface area contributed by atoms with Gasteiger partial charge in [0.1, 0.15) is 0 Å². The van der Waals surface area contributed by atoms with Crippen LogP contribution in [-0.4, -0.2) is 20.3 Å². The lowest BCUT2D eigenvalue weighted by atomic mass is 9.81. The summed E-state index contributed by atoms with van der Waals surface area (Å²) in [6.45, 7) is 40.0. The predicted molar refractivity (Wildman–Crippen MR) is 280 cm³/mol. The second kappa shape index (κ2) is 20.2. The Balaban J connectivity index is 1.80. The van der Waals surface area contributed by atoms with Crippen LogP contribution < -0.4 is 8.18 Å². The second-order valence-electron chi connectivity index (χ2n) is 20.7. The number of fused-ring (bicyclic) bond motifs is 1. The summed E-state index contributed by atoms with van der Waals surface area (Å²) in [5, 5.41) is 0.998. The number of hydrogen-bond acceptors (Lipinski definition) is 3. The van der Waals surface area contributed by atoms with Gasteiger partial charge in [-0.05, 0) is 134 Å². The van der Waals surface area contributed by atoms with Gasteiger partial charge in [-0.1, -0.05) is 195 Å². The van der Waals surface area contributed by atoms with Crippen LogP contribution in [0.4, 0.5) is 17.1 Å². The van der Waals surface area contributed by atoms with E-state index in [-0.39, 0.29) is 5.92 Å². The van der Waals surface area contributed by atoms with Crippen molar-refractivity contribution in [3.05, 3.63) is 147 Å². The Kier molecular flexibility index (Phi) is 15.4. The largest absolute Gasteiger partial charge is 0.576 e. The zero-order valence-corrected chi connectivity index (χ0v) is 43.2. The molecule has 1 atom stereocenters. The van der Waals surface area contributed by atoms with Crippen molar-refractivity contribution in [3.8, 4) is 22.3 Å². The summed E-state index contributed by atoms with van der Waals surface area (Å²) in [5.41, 5.74) is 22.6. The molecule has 332 valence electrons. The van der Waals surface area contributed by atoms with Crippen molar-refractivity contribution in [2.75, 3.05) is 8.18 Å². The molecule has 6 rings (SSSR count). The standard InChI is InChI=1S/C30H38N.C29H40N2.Al/c1-18(2)22-12-9-13-23(19(3)4)28(22)26-16-11-17-27(30(26)31)29-24(20(5)6)14-10-15-25(29)21(7)8;1-18(2)24-13-11-14-25(19(3)4)28(24)30-22(9)17-23(10)31-29-26(20(5)6)15-12-16-27(29)21(7)8;/h9-21,31H,1-8H3;11-21H,1H2,2-10H3;/q2*-1;+2/b;23-17-,30-22?;. The highest BCUT2D eigenvalue weighted by Crippen LogP contribution is 2.49. The summed E-state index contributed by atoms with van der Waals surface area (Å²) in [6.07, 6.45) is 2.38. The molecule has 4 heteroatoms. The van der Waals surface area contributed by atoms with E-state index in [4.69, 9.17) is 9.29 Å². The molecule has 5 aromatic rings. The van der Waals surface area contributed by atoms with Crippen LogP contribution in [0, 0.1) is 0 Å². The van der Waals surface area contributed by atoms with Crippen LogP contribution in [0.25, 0.3) is 22.3 Å². The quantitative estimate of drug-likeness (QED) is 0.127. The van der Waals surface area contributed by atoms with E-state index >= 15 is 0 Å². The van der Waals surface area contributed by atoms with Crippen LogP contribution in [0.3, 0.4) is 0 Å². The molecule has 0 aromatic heterocycles. The van der Waals surface area contributed by atoms with Crippen LogP contribution in [0.1, 0.15) is 210 Å². The van der Waals surface area contributed by atoms with Gasteiger partial charge in [0.25, 0.3) is 0 Å². The third-order valence-electron chi connectivity index (χ3n) is 13.5. The number of anilines is 2. The van der Waals surface area contributed by atoms with Gasteiger partial charge in [-0.3, -0.25) is 4.99 Å². The number of rotatable bonds is 12. The van der Waals surface area contributed by atoms with E-state index in [0.717, 1.165) is 16.7 Å². The molecule has 3 nitrogen and oxygen atoms in total. The Labute approximate surface area is 388 Å². The minimum absolute atomic E-state index is 0.250. The first kappa shape index (κ1) is 48.1. The van der Waals surface area contributed by atoms with Gasteiger partial charge in [0.2, 0.25) is 0 Å². The molecular formula is C59H78AlN3. The van der Waals surface area contributed by atoms with Crippen molar-refractivity contribution in [1.82, 2.24) is 0 Å². The molecule has 0 bridgehead atoms. The molecule has 0 spiro atoms. The predicted octanol–water partition coefficient (Wildman–Crippen LogP) is 18.1. The molecule has 5 aromatic carbocycles. The molecule has 0 aliphatic carbocycles. The highest BCUT2D eigenvalue weighted by atomic mass is 27.2. The summed E-state index contributed by atoms with van der Waals surface area (Å²) >= 11 is -2.30. The first-order chi connectivity index (χ1) is 29.8. The van der Waals surface area contributed by atoms with Gasteiger partial charge in [-0.15, -0.1) is 0 Å². The van der Waals surface area contributed by atoms with E-state index in [1.165, 1.54) is 83.8 Å². The molecule has 1 N–H and O–H groups in total. The summed E-state index contributed by atoms with van der Waals surface area (Å²) in [4.78, 5) is 5.50. The number of hydrogen-bond donors (Lipinski definition) is 1. The molecule has 0 saturated carbocycles. The number of nitrogens with one attached hydrogen (secondary N) is 1. The molecule has 1 heterocycles. The van der Waals surface area contributed by atoms with E-state index in [0.29, 0.717) is 41.4 Å². The van der Waals surface area contributed by atoms with Gasteiger partial charge in [-0.2, -0.15) is 0 Å². The topological polar surface area (TPSA) is 27.6 Å². The van der Waals surface area contributed by atoms with Crippen LogP contribution >= 0.6 is 0 Å². The van der Waals surface area contributed by atoms with Crippen molar-refractivity contribution in [2.24, 2.45) is 4.99 Å². The third-order valence-corrected chi connectivity index (χ3v) is 16.5. The Hall–Kier alpha value is -4.36. The lowest BCUT2D eigenvalue weighted by molar-refractivity contribution is 0.816. The monoisotopic (exact) mass is 856 g/mol. The Morgan fingerprint density at radius 3 is 1.29 bits per heavy atom. The molecule has 0 saturated heterocycles. The zero-order valence-electron chi connectivity index (χ0n) is 42.0. The van der Waals surface area contributed by atoms with Gasteiger partial charge >= 0.3 is 14.6 Å². The fourth-order valence-corrected chi connectivity index (χ4v) is 13.4. The highest BCUT2D eigenvalue weighted by Gasteiger charge is 2.39. The van der Waals surface area contributed by atoms with Crippen molar-refractivity contribution in [1.29, 1.82) is 0 Å². The van der Waals surface area contributed by atoms with E-state index in [1.807, 2.05) is 0 Å². The molecular weight excluding hydrogens is 778 g/mol. The molecule has 63 heavy (non-hydrogen) atoms. The molecule has 1 unspecified atom stereocenters. The maximum atomic E-state index is 5.50. The smallest absolute Gasteiger partial charge is 0.457 e. The Morgan fingerprint density at radius 2 is 0.873 bits per heavy atom. The number of nitrogens with zero attached hydrogens (tertiary/aromatic N) is 2. The SMILES string of the molecule is CC1=Nc2c(C(C)C)cccc2C(C)[CH2][Al]([NH]c2c(-c3c(C(C)C)cccc3C(C)C)cccc2-c2c(C(C)C)cccc2C(C)C)[N](c2c(C(C)C)cccc2C(C)C)/C(C)=C\1. The van der Waals surface area contributed by atoms with E-state index in [9.17, 15) is 0 Å². The van der Waals surface area contributed by atoms with Crippen LogP contribution in [0.5, 0.6) is 0 Å². The van der Waals surface area contributed by atoms with Crippen LogP contribution in [0.15, 0.2) is 108 Å². The summed E-state index contributed by atoms with van der Waals surface area (Å²) in [5.74, 6) is 2.75. The maximum Gasteiger partial charge on any atom is 0.576 e.